The number of carbonyl (C=O) groups is 1. The van der Waals surface area contributed by atoms with E-state index in [1.807, 2.05) is 24.4 Å². The molecule has 2 rings (SSSR count). The van der Waals surface area contributed by atoms with E-state index < -0.39 is 0 Å². The molecule has 0 bridgehead atoms. The number of halogens is 1. The molecule has 0 fully saturated rings. The normalized spacial score (nSPS) is 10.9. The Bertz CT molecular complexity index is 528. The smallest absolute Gasteiger partial charge is 0.161 e. The highest BCUT2D eigenvalue weighted by atomic mass is 79.9. The van der Waals surface area contributed by atoms with Crippen LogP contribution < -0.4 is 0 Å². The largest absolute Gasteiger partial charge is 0.347 e. The number of hydrogen-bond acceptors (Lipinski definition) is 1. The second-order valence-electron chi connectivity index (χ2n) is 3.55. The summed E-state index contributed by atoms with van der Waals surface area (Å²) >= 11 is 3.44. The monoisotopic (exact) mass is 265 g/mol. The Morgan fingerprint density at radius 2 is 2.20 bits per heavy atom. The molecule has 0 N–H and O–H groups in total. The lowest BCUT2D eigenvalue weighted by atomic mass is 10.1. The van der Waals surface area contributed by atoms with Gasteiger partial charge >= 0.3 is 0 Å². The fourth-order valence-corrected chi connectivity index (χ4v) is 2.16. The van der Waals surface area contributed by atoms with E-state index in [-0.39, 0.29) is 5.78 Å². The molecule has 0 saturated carbocycles. The van der Waals surface area contributed by atoms with Crippen molar-refractivity contribution < 1.29 is 4.79 Å². The molecular weight excluding hydrogens is 254 g/mol. The average molecular weight is 266 g/mol. The molecule has 78 valence electrons. The lowest BCUT2D eigenvalue weighted by Crippen LogP contribution is -1.91. The van der Waals surface area contributed by atoms with Crippen LogP contribution in [-0.2, 0) is 6.54 Å². The van der Waals surface area contributed by atoms with Crippen molar-refractivity contribution in [1.82, 2.24) is 4.57 Å². The van der Waals surface area contributed by atoms with Gasteiger partial charge in [-0.25, -0.2) is 0 Å². The molecule has 1 aromatic carbocycles. The lowest BCUT2D eigenvalue weighted by molar-refractivity contribution is 0.101. The number of hydrogen-bond donors (Lipinski definition) is 0. The zero-order chi connectivity index (χ0) is 11.0. The van der Waals surface area contributed by atoms with E-state index >= 15 is 0 Å². The van der Waals surface area contributed by atoms with Gasteiger partial charge in [0, 0.05) is 33.7 Å². The number of rotatable bonds is 2. The molecule has 0 aliphatic heterocycles. The van der Waals surface area contributed by atoms with Crippen LogP contribution in [-0.4, -0.2) is 10.4 Å². The van der Waals surface area contributed by atoms with Crippen molar-refractivity contribution in [2.45, 2.75) is 20.4 Å². The average Bonchev–Trinajstić information content (AvgIpc) is 2.55. The van der Waals surface area contributed by atoms with Gasteiger partial charge < -0.3 is 4.57 Å². The maximum atomic E-state index is 11.4. The summed E-state index contributed by atoms with van der Waals surface area (Å²) in [4.78, 5) is 11.4. The molecule has 15 heavy (non-hydrogen) atoms. The molecule has 0 unspecified atom stereocenters. The van der Waals surface area contributed by atoms with Gasteiger partial charge in [-0.05, 0) is 26.0 Å². The first-order valence-corrected chi connectivity index (χ1v) is 5.72. The van der Waals surface area contributed by atoms with Crippen LogP contribution in [0.25, 0.3) is 10.9 Å². The Hall–Kier alpha value is -1.09. The van der Waals surface area contributed by atoms with Gasteiger partial charge in [-0.2, -0.15) is 0 Å². The molecule has 0 aliphatic carbocycles. The molecular formula is C12H12BrNO. The van der Waals surface area contributed by atoms with Gasteiger partial charge in [-0.3, -0.25) is 4.79 Å². The number of aromatic nitrogens is 1. The molecule has 0 aliphatic rings. The summed E-state index contributed by atoms with van der Waals surface area (Å²) < 4.78 is 3.13. The van der Waals surface area contributed by atoms with E-state index in [9.17, 15) is 4.79 Å². The Morgan fingerprint density at radius 3 is 2.80 bits per heavy atom. The predicted molar refractivity (Wildman–Crippen MR) is 65.3 cm³/mol. The number of benzene rings is 1. The third-order valence-electron chi connectivity index (χ3n) is 2.56. The standard InChI is InChI=1S/C12H12BrNO/c1-3-14-7-11(8(2)15)10-5-4-9(13)6-12(10)14/h4-7H,3H2,1-2H3. The van der Waals surface area contributed by atoms with Crippen LogP contribution in [0.3, 0.4) is 0 Å². The van der Waals surface area contributed by atoms with Crippen LogP contribution in [0.2, 0.25) is 0 Å². The second-order valence-corrected chi connectivity index (χ2v) is 4.46. The summed E-state index contributed by atoms with van der Waals surface area (Å²) in [5.41, 5.74) is 1.91. The first kappa shape index (κ1) is 10.4. The quantitative estimate of drug-likeness (QED) is 0.761. The molecule has 0 spiro atoms. The van der Waals surface area contributed by atoms with Gasteiger partial charge in [0.05, 0.1) is 0 Å². The van der Waals surface area contributed by atoms with Gasteiger partial charge in [0.2, 0.25) is 0 Å². The molecule has 0 saturated heterocycles. The maximum Gasteiger partial charge on any atom is 0.161 e. The van der Waals surface area contributed by atoms with E-state index in [1.54, 1.807) is 6.92 Å². The summed E-state index contributed by atoms with van der Waals surface area (Å²) in [5, 5.41) is 1.03. The van der Waals surface area contributed by atoms with Gasteiger partial charge in [0.25, 0.3) is 0 Å². The van der Waals surface area contributed by atoms with Gasteiger partial charge in [0.15, 0.2) is 5.78 Å². The van der Waals surface area contributed by atoms with E-state index in [4.69, 9.17) is 0 Å². The third kappa shape index (κ3) is 1.72. The summed E-state index contributed by atoms with van der Waals surface area (Å²) in [6.07, 6.45) is 1.93. The highest BCUT2D eigenvalue weighted by molar-refractivity contribution is 9.10. The number of fused-ring (bicyclic) bond motifs is 1. The van der Waals surface area contributed by atoms with Crippen LogP contribution in [0, 0.1) is 0 Å². The van der Waals surface area contributed by atoms with Crippen molar-refractivity contribution in [3.63, 3.8) is 0 Å². The Kier molecular flexibility index (Phi) is 2.65. The van der Waals surface area contributed by atoms with Crippen molar-refractivity contribution in [1.29, 1.82) is 0 Å². The van der Waals surface area contributed by atoms with Gasteiger partial charge in [-0.15, -0.1) is 0 Å². The maximum absolute atomic E-state index is 11.4. The van der Waals surface area contributed by atoms with Gasteiger partial charge in [0.1, 0.15) is 0 Å². The number of aryl methyl sites for hydroxylation is 1. The summed E-state index contributed by atoms with van der Waals surface area (Å²) in [7, 11) is 0. The molecule has 0 radical (unpaired) electrons. The first-order chi connectivity index (χ1) is 7.13. The number of carbonyl (C=O) groups excluding carboxylic acids is 1. The molecule has 2 nitrogen and oxygen atoms in total. The van der Waals surface area contributed by atoms with Crippen LogP contribution in [0.1, 0.15) is 24.2 Å². The number of ketones is 1. The fraction of sp³-hybridized carbons (Fsp3) is 0.250. The second kappa shape index (κ2) is 3.81. The topological polar surface area (TPSA) is 22.0 Å². The minimum Gasteiger partial charge on any atom is -0.347 e. The van der Waals surface area contributed by atoms with E-state index in [0.29, 0.717) is 0 Å². The van der Waals surface area contributed by atoms with Crippen LogP contribution in [0.4, 0.5) is 0 Å². The molecule has 0 amide bonds. The number of Topliss-reactive ketones (excluding diaryl/α,β-unsaturated/α-hetero) is 1. The van der Waals surface area contributed by atoms with Crippen molar-refractivity contribution in [2.24, 2.45) is 0 Å². The SMILES string of the molecule is CCn1cc(C(C)=O)c2ccc(Br)cc21. The Balaban J connectivity index is 2.81. The molecule has 3 heteroatoms. The highest BCUT2D eigenvalue weighted by Crippen LogP contribution is 2.25. The Labute approximate surface area is 97.0 Å². The predicted octanol–water partition coefficient (Wildman–Crippen LogP) is 3.63. The van der Waals surface area contributed by atoms with Crippen LogP contribution >= 0.6 is 15.9 Å². The highest BCUT2D eigenvalue weighted by Gasteiger charge is 2.10. The summed E-state index contributed by atoms with van der Waals surface area (Å²) in [5.74, 6) is 0.120. The minimum absolute atomic E-state index is 0.120. The third-order valence-corrected chi connectivity index (χ3v) is 3.06. The van der Waals surface area contributed by atoms with Crippen LogP contribution in [0.15, 0.2) is 28.9 Å². The Morgan fingerprint density at radius 1 is 1.47 bits per heavy atom. The van der Waals surface area contributed by atoms with Crippen molar-refractivity contribution in [2.75, 3.05) is 0 Å². The van der Waals surface area contributed by atoms with E-state index in [2.05, 4.69) is 27.4 Å². The van der Waals surface area contributed by atoms with Crippen molar-refractivity contribution in [3.8, 4) is 0 Å². The van der Waals surface area contributed by atoms with E-state index in [0.717, 1.165) is 27.5 Å². The minimum atomic E-state index is 0.120. The molecule has 0 atom stereocenters. The van der Waals surface area contributed by atoms with Crippen molar-refractivity contribution >= 4 is 32.6 Å². The molecule has 1 aromatic heterocycles. The fourth-order valence-electron chi connectivity index (χ4n) is 1.81. The lowest BCUT2D eigenvalue weighted by Gasteiger charge is -1.99. The molecule has 2 aromatic rings. The zero-order valence-electron chi connectivity index (χ0n) is 8.75. The summed E-state index contributed by atoms with van der Waals surface area (Å²) in [6.45, 7) is 4.56. The molecule has 1 heterocycles. The summed E-state index contributed by atoms with van der Waals surface area (Å²) in [6, 6.07) is 6.00. The van der Waals surface area contributed by atoms with E-state index in [1.165, 1.54) is 0 Å². The number of nitrogens with zero attached hydrogens (tertiary/aromatic N) is 1. The zero-order valence-corrected chi connectivity index (χ0v) is 10.3. The van der Waals surface area contributed by atoms with Crippen molar-refractivity contribution in [3.05, 3.63) is 34.4 Å². The van der Waals surface area contributed by atoms with Gasteiger partial charge in [-0.1, -0.05) is 22.0 Å². The first-order valence-electron chi connectivity index (χ1n) is 4.92. The van der Waals surface area contributed by atoms with Crippen LogP contribution in [0.5, 0.6) is 0 Å².